The molecule has 27 heavy (non-hydrogen) atoms. The average Bonchev–Trinajstić information content (AvgIpc) is 3.02. The number of nitrogens with one attached hydrogen (secondary N) is 2. The van der Waals surface area contributed by atoms with Crippen molar-refractivity contribution in [2.24, 2.45) is 11.3 Å². The highest BCUT2D eigenvalue weighted by atomic mass is 35.5. The monoisotopic (exact) mass is 395 g/mol. The van der Waals surface area contributed by atoms with Crippen LogP contribution in [0.15, 0.2) is 24.3 Å². The molecule has 1 atom stereocenters. The lowest BCUT2D eigenvalue weighted by molar-refractivity contribution is -0.129. The van der Waals surface area contributed by atoms with E-state index in [1.54, 1.807) is 12.0 Å². The number of piperidine rings is 1. The number of carbonyl (C=O) groups excluding carboxylic acids is 2. The number of ether oxygens (including phenoxy) is 1. The molecule has 2 fully saturated rings. The third kappa shape index (κ3) is 5.59. The van der Waals surface area contributed by atoms with Gasteiger partial charge in [0.1, 0.15) is 5.75 Å². The van der Waals surface area contributed by atoms with Gasteiger partial charge in [0, 0.05) is 26.1 Å². The average molecular weight is 396 g/mol. The van der Waals surface area contributed by atoms with Crippen LogP contribution in [0.4, 0.5) is 0 Å². The number of likely N-dealkylation sites (tertiary alicyclic amines) is 1. The van der Waals surface area contributed by atoms with Crippen molar-refractivity contribution >= 4 is 24.2 Å². The van der Waals surface area contributed by atoms with Gasteiger partial charge in [-0.1, -0.05) is 19.1 Å². The fraction of sp³-hybridized carbons (Fsp3) is 0.600. The van der Waals surface area contributed by atoms with Gasteiger partial charge in [0.2, 0.25) is 11.8 Å². The van der Waals surface area contributed by atoms with Crippen LogP contribution in [0.5, 0.6) is 5.75 Å². The zero-order valence-electron chi connectivity index (χ0n) is 16.1. The molecule has 1 unspecified atom stereocenters. The summed E-state index contributed by atoms with van der Waals surface area (Å²) in [6, 6.07) is 7.69. The van der Waals surface area contributed by atoms with Crippen molar-refractivity contribution in [1.82, 2.24) is 15.5 Å². The van der Waals surface area contributed by atoms with Gasteiger partial charge in [-0.25, -0.2) is 0 Å². The second-order valence-corrected chi connectivity index (χ2v) is 7.80. The number of amides is 2. The Balaban J connectivity index is 0.00000261. The molecule has 2 aliphatic rings. The fourth-order valence-corrected chi connectivity index (χ4v) is 3.70. The normalized spacial score (nSPS) is 21.5. The van der Waals surface area contributed by atoms with E-state index in [2.05, 4.69) is 17.6 Å². The van der Waals surface area contributed by atoms with Crippen molar-refractivity contribution in [2.45, 2.75) is 32.7 Å². The topological polar surface area (TPSA) is 70.7 Å². The Kier molecular flexibility index (Phi) is 7.50. The number of halogens is 1. The van der Waals surface area contributed by atoms with Crippen molar-refractivity contribution in [3.63, 3.8) is 0 Å². The molecule has 2 heterocycles. The second kappa shape index (κ2) is 9.42. The highest BCUT2D eigenvalue weighted by Gasteiger charge is 2.35. The largest absolute Gasteiger partial charge is 0.497 e. The first kappa shape index (κ1) is 21.5. The van der Waals surface area contributed by atoms with E-state index in [4.69, 9.17) is 4.74 Å². The van der Waals surface area contributed by atoms with E-state index >= 15 is 0 Å². The van der Waals surface area contributed by atoms with Crippen LogP contribution in [0.1, 0.15) is 31.7 Å². The molecule has 6 nitrogen and oxygen atoms in total. The van der Waals surface area contributed by atoms with E-state index in [0.29, 0.717) is 26.1 Å². The van der Waals surface area contributed by atoms with Crippen LogP contribution in [-0.2, 0) is 16.1 Å². The molecule has 2 N–H and O–H groups in total. The SMILES string of the molecule is COc1ccc(CN2CC(C(=O)NCC3(C)CCNCC3)CC2=O)cc1.Cl. The second-order valence-electron chi connectivity index (χ2n) is 7.80. The molecule has 0 saturated carbocycles. The smallest absolute Gasteiger partial charge is 0.225 e. The first-order valence-electron chi connectivity index (χ1n) is 9.38. The third-order valence-electron chi connectivity index (χ3n) is 5.62. The van der Waals surface area contributed by atoms with Gasteiger partial charge >= 0.3 is 0 Å². The molecule has 2 aliphatic heterocycles. The molecule has 0 bridgehead atoms. The standard InChI is InChI=1S/C20H29N3O3.ClH/c1-20(7-9-21-10-8-20)14-22-19(25)16-11-18(24)23(13-16)12-15-3-5-17(26-2)6-4-15;/h3-6,16,21H,7-14H2,1-2H3,(H,22,25);1H. The van der Waals surface area contributed by atoms with Crippen LogP contribution in [0.25, 0.3) is 0 Å². The number of hydrogen-bond acceptors (Lipinski definition) is 4. The van der Waals surface area contributed by atoms with E-state index in [9.17, 15) is 9.59 Å². The Morgan fingerprint density at radius 3 is 2.59 bits per heavy atom. The molecule has 1 aromatic carbocycles. The first-order valence-corrected chi connectivity index (χ1v) is 9.38. The lowest BCUT2D eigenvalue weighted by Gasteiger charge is -2.34. The number of carbonyl (C=O) groups is 2. The molecule has 2 amide bonds. The number of benzene rings is 1. The van der Waals surface area contributed by atoms with Crippen LogP contribution in [0, 0.1) is 11.3 Å². The number of rotatable bonds is 6. The van der Waals surface area contributed by atoms with Gasteiger partial charge in [0.25, 0.3) is 0 Å². The summed E-state index contributed by atoms with van der Waals surface area (Å²) in [5, 5.41) is 6.45. The van der Waals surface area contributed by atoms with E-state index in [1.807, 2.05) is 24.3 Å². The molecule has 3 rings (SSSR count). The van der Waals surface area contributed by atoms with Gasteiger partial charge in [0.15, 0.2) is 0 Å². The van der Waals surface area contributed by atoms with Gasteiger partial charge in [-0.3, -0.25) is 9.59 Å². The van der Waals surface area contributed by atoms with Crippen molar-refractivity contribution < 1.29 is 14.3 Å². The lowest BCUT2D eigenvalue weighted by atomic mass is 9.81. The van der Waals surface area contributed by atoms with Gasteiger partial charge in [-0.05, 0) is 49.0 Å². The van der Waals surface area contributed by atoms with E-state index in [1.165, 1.54) is 0 Å². The zero-order chi connectivity index (χ0) is 18.6. The first-order chi connectivity index (χ1) is 12.5. The summed E-state index contributed by atoms with van der Waals surface area (Å²) < 4.78 is 5.16. The van der Waals surface area contributed by atoms with Crippen LogP contribution >= 0.6 is 12.4 Å². The summed E-state index contributed by atoms with van der Waals surface area (Å²) in [6.07, 6.45) is 2.45. The minimum atomic E-state index is -0.244. The maximum atomic E-state index is 12.5. The molecule has 0 aromatic heterocycles. The Morgan fingerprint density at radius 1 is 1.30 bits per heavy atom. The van der Waals surface area contributed by atoms with Gasteiger partial charge < -0.3 is 20.3 Å². The molecule has 0 spiro atoms. The maximum absolute atomic E-state index is 12.5. The van der Waals surface area contributed by atoms with Gasteiger partial charge in [-0.2, -0.15) is 0 Å². The predicted molar refractivity (Wildman–Crippen MR) is 107 cm³/mol. The molecule has 0 aliphatic carbocycles. The van der Waals surface area contributed by atoms with Gasteiger partial charge in [-0.15, -0.1) is 12.4 Å². The maximum Gasteiger partial charge on any atom is 0.225 e. The number of methoxy groups -OCH3 is 1. The summed E-state index contributed by atoms with van der Waals surface area (Å²) in [5.41, 5.74) is 1.20. The Morgan fingerprint density at radius 2 is 1.96 bits per heavy atom. The summed E-state index contributed by atoms with van der Waals surface area (Å²) in [4.78, 5) is 26.6. The van der Waals surface area contributed by atoms with Gasteiger partial charge in [0.05, 0.1) is 13.0 Å². The summed E-state index contributed by atoms with van der Waals surface area (Å²) in [6.45, 7) is 5.96. The zero-order valence-corrected chi connectivity index (χ0v) is 16.9. The Labute approximate surface area is 167 Å². The van der Waals surface area contributed by atoms with E-state index in [-0.39, 0.29) is 35.6 Å². The van der Waals surface area contributed by atoms with Crippen molar-refractivity contribution in [2.75, 3.05) is 33.3 Å². The Hall–Kier alpha value is -1.79. The van der Waals surface area contributed by atoms with Crippen LogP contribution < -0.4 is 15.4 Å². The predicted octanol–water partition coefficient (Wildman–Crippen LogP) is 1.97. The van der Waals surface area contributed by atoms with Crippen LogP contribution in [0.2, 0.25) is 0 Å². The number of hydrogen-bond donors (Lipinski definition) is 2. The quantitative estimate of drug-likeness (QED) is 0.772. The molecule has 0 radical (unpaired) electrons. The van der Waals surface area contributed by atoms with Crippen LogP contribution in [0.3, 0.4) is 0 Å². The molecule has 2 saturated heterocycles. The Bertz CT molecular complexity index is 644. The van der Waals surface area contributed by atoms with Crippen LogP contribution in [-0.4, -0.2) is 50.0 Å². The molecular weight excluding hydrogens is 366 g/mol. The minimum Gasteiger partial charge on any atom is -0.497 e. The molecule has 7 heteroatoms. The minimum absolute atomic E-state index is 0. The lowest BCUT2D eigenvalue weighted by Crippen LogP contribution is -2.44. The molecule has 1 aromatic rings. The summed E-state index contributed by atoms with van der Waals surface area (Å²) in [7, 11) is 1.63. The van der Waals surface area contributed by atoms with Crippen molar-refractivity contribution in [3.8, 4) is 5.75 Å². The fourth-order valence-electron chi connectivity index (χ4n) is 3.70. The van der Waals surface area contributed by atoms with Crippen molar-refractivity contribution in [3.05, 3.63) is 29.8 Å². The molecular formula is C20H30ClN3O3. The van der Waals surface area contributed by atoms with E-state index < -0.39 is 0 Å². The number of nitrogens with zero attached hydrogens (tertiary/aromatic N) is 1. The van der Waals surface area contributed by atoms with E-state index in [0.717, 1.165) is 37.2 Å². The molecule has 150 valence electrons. The summed E-state index contributed by atoms with van der Waals surface area (Å²) in [5.74, 6) is 0.612. The van der Waals surface area contributed by atoms with Crippen molar-refractivity contribution in [1.29, 1.82) is 0 Å². The summed E-state index contributed by atoms with van der Waals surface area (Å²) >= 11 is 0. The highest BCUT2D eigenvalue weighted by molar-refractivity contribution is 5.89. The highest BCUT2D eigenvalue weighted by Crippen LogP contribution is 2.27. The third-order valence-corrected chi connectivity index (χ3v) is 5.62.